The van der Waals surface area contributed by atoms with Gasteiger partial charge in [-0.15, -0.1) is 7.05 Å². The van der Waals surface area contributed by atoms with Crippen LogP contribution >= 0.6 is 0 Å². The Labute approximate surface area is 86.9 Å². The summed E-state index contributed by atoms with van der Waals surface area (Å²) in [7, 11) is 6.56. The average molecular weight is 189 g/mol. The monoisotopic (exact) mass is 189 g/mol. The molecule has 2 rings (SSSR count). The minimum Gasteiger partial charge on any atom is -0.453 e. The first kappa shape index (κ1) is 9.72. The van der Waals surface area contributed by atoms with Crippen molar-refractivity contribution in [2.24, 2.45) is 0 Å². The first-order valence-electron chi connectivity index (χ1n) is 5.42. The van der Waals surface area contributed by atoms with Gasteiger partial charge in [0.15, 0.2) is 0 Å². The van der Waals surface area contributed by atoms with Crippen LogP contribution in [0.1, 0.15) is 30.5 Å². The standard InChI is InChI=1S/C13H19N/c1-4-13-12-8-6-5-7-11(12)9-10-14(13,2)3/h5-8,13H,2,4,9-10H2,1,3H3. The van der Waals surface area contributed by atoms with Crippen LogP contribution in [0.2, 0.25) is 0 Å². The molecule has 1 nitrogen and oxygen atoms in total. The van der Waals surface area contributed by atoms with Gasteiger partial charge in [0.1, 0.15) is 0 Å². The SMILES string of the molecule is [CH2-][N+]1(C)CCc2ccccc2C1CC. The van der Waals surface area contributed by atoms with E-state index in [9.17, 15) is 0 Å². The van der Waals surface area contributed by atoms with Crippen molar-refractivity contribution in [2.75, 3.05) is 13.6 Å². The van der Waals surface area contributed by atoms with Gasteiger partial charge >= 0.3 is 0 Å². The number of rotatable bonds is 1. The fourth-order valence-corrected chi connectivity index (χ4v) is 2.62. The quantitative estimate of drug-likeness (QED) is 0.470. The summed E-state index contributed by atoms with van der Waals surface area (Å²) in [6.45, 7) is 3.42. The highest BCUT2D eigenvalue weighted by Crippen LogP contribution is 2.35. The molecule has 1 heterocycles. The lowest BCUT2D eigenvalue weighted by molar-refractivity contribution is -0.900. The fourth-order valence-electron chi connectivity index (χ4n) is 2.62. The van der Waals surface area contributed by atoms with E-state index in [1.165, 1.54) is 24.0 Å². The summed E-state index contributed by atoms with van der Waals surface area (Å²) in [6, 6.07) is 9.40. The molecule has 1 aliphatic rings. The van der Waals surface area contributed by atoms with Gasteiger partial charge in [0.05, 0.1) is 12.6 Å². The van der Waals surface area contributed by atoms with Crippen LogP contribution in [-0.2, 0) is 6.42 Å². The van der Waals surface area contributed by atoms with E-state index in [0.717, 1.165) is 11.0 Å². The van der Waals surface area contributed by atoms with Crippen LogP contribution < -0.4 is 0 Å². The van der Waals surface area contributed by atoms with Gasteiger partial charge in [-0.25, -0.2) is 0 Å². The zero-order valence-corrected chi connectivity index (χ0v) is 9.16. The molecule has 0 aliphatic carbocycles. The molecular formula is C13H19N. The van der Waals surface area contributed by atoms with Crippen molar-refractivity contribution >= 4 is 0 Å². The van der Waals surface area contributed by atoms with Crippen LogP contribution in [0, 0.1) is 7.05 Å². The van der Waals surface area contributed by atoms with Crippen molar-refractivity contribution in [3.05, 3.63) is 42.4 Å². The Kier molecular flexibility index (Phi) is 2.36. The first-order valence-corrected chi connectivity index (χ1v) is 5.42. The summed E-state index contributed by atoms with van der Waals surface area (Å²) in [4.78, 5) is 0. The molecule has 0 fully saturated rings. The van der Waals surface area contributed by atoms with E-state index in [1.54, 1.807) is 0 Å². The van der Waals surface area contributed by atoms with E-state index in [1.807, 2.05) is 0 Å². The van der Waals surface area contributed by atoms with Crippen LogP contribution in [0.4, 0.5) is 0 Å². The van der Waals surface area contributed by atoms with Crippen molar-refractivity contribution in [1.29, 1.82) is 0 Å². The van der Waals surface area contributed by atoms with E-state index < -0.39 is 0 Å². The Balaban J connectivity index is 2.45. The molecule has 0 amide bonds. The third kappa shape index (κ3) is 1.46. The summed E-state index contributed by atoms with van der Waals surface area (Å²) < 4.78 is 0.896. The molecule has 1 aromatic carbocycles. The molecule has 2 atom stereocenters. The highest BCUT2D eigenvalue weighted by molar-refractivity contribution is 5.30. The van der Waals surface area contributed by atoms with Crippen molar-refractivity contribution in [2.45, 2.75) is 25.8 Å². The zero-order chi connectivity index (χ0) is 10.2. The Morgan fingerprint density at radius 3 is 2.86 bits per heavy atom. The third-order valence-corrected chi connectivity index (χ3v) is 3.45. The molecule has 1 aliphatic heterocycles. The summed E-state index contributed by atoms with van der Waals surface area (Å²) in [5, 5.41) is 0. The summed E-state index contributed by atoms with van der Waals surface area (Å²) in [5.74, 6) is 0. The van der Waals surface area contributed by atoms with E-state index in [-0.39, 0.29) is 0 Å². The second kappa shape index (κ2) is 3.39. The van der Waals surface area contributed by atoms with Gasteiger partial charge in [0.25, 0.3) is 0 Å². The van der Waals surface area contributed by atoms with Gasteiger partial charge in [0.2, 0.25) is 0 Å². The van der Waals surface area contributed by atoms with E-state index in [2.05, 4.69) is 45.3 Å². The molecule has 0 aromatic heterocycles. The highest BCUT2D eigenvalue weighted by atomic mass is 15.3. The number of hydrogen-bond acceptors (Lipinski definition) is 0. The van der Waals surface area contributed by atoms with Gasteiger partial charge in [-0.3, -0.25) is 0 Å². The largest absolute Gasteiger partial charge is 0.453 e. The van der Waals surface area contributed by atoms with E-state index in [4.69, 9.17) is 0 Å². The highest BCUT2D eigenvalue weighted by Gasteiger charge is 2.29. The number of likely N-dealkylation sites (N-methyl/N-ethyl adjacent to an activating group) is 1. The summed E-state index contributed by atoms with van der Waals surface area (Å²) in [6.07, 6.45) is 2.35. The minimum atomic E-state index is 0.583. The third-order valence-electron chi connectivity index (χ3n) is 3.45. The first-order chi connectivity index (χ1) is 6.65. The normalized spacial score (nSPS) is 31.2. The van der Waals surface area contributed by atoms with Crippen LogP contribution in [0.5, 0.6) is 0 Å². The summed E-state index contributed by atoms with van der Waals surface area (Å²) >= 11 is 0. The Bertz CT molecular complexity index is 328. The number of hydrogen-bond donors (Lipinski definition) is 0. The van der Waals surface area contributed by atoms with Crippen molar-refractivity contribution in [3.8, 4) is 0 Å². The maximum absolute atomic E-state index is 4.32. The van der Waals surface area contributed by atoms with Crippen molar-refractivity contribution in [3.63, 3.8) is 0 Å². The number of fused-ring (bicyclic) bond motifs is 1. The van der Waals surface area contributed by atoms with Gasteiger partial charge in [-0.05, 0) is 12.0 Å². The maximum Gasteiger partial charge on any atom is 0.0904 e. The lowest BCUT2D eigenvalue weighted by Crippen LogP contribution is -2.45. The van der Waals surface area contributed by atoms with Gasteiger partial charge in [-0.2, -0.15) is 0 Å². The average Bonchev–Trinajstić information content (AvgIpc) is 2.17. The van der Waals surface area contributed by atoms with Crippen LogP contribution in [0.15, 0.2) is 24.3 Å². The summed E-state index contributed by atoms with van der Waals surface area (Å²) in [5.41, 5.74) is 3.04. The molecule has 1 aromatic rings. The molecule has 0 spiro atoms. The second-order valence-corrected chi connectivity index (χ2v) is 4.58. The van der Waals surface area contributed by atoms with Gasteiger partial charge < -0.3 is 4.48 Å². The second-order valence-electron chi connectivity index (χ2n) is 4.58. The smallest absolute Gasteiger partial charge is 0.0904 e. The van der Waals surface area contributed by atoms with Crippen molar-refractivity contribution in [1.82, 2.24) is 0 Å². The maximum atomic E-state index is 4.32. The van der Waals surface area contributed by atoms with E-state index >= 15 is 0 Å². The predicted octanol–water partition coefficient (Wildman–Crippen LogP) is 2.93. The Morgan fingerprint density at radius 2 is 2.14 bits per heavy atom. The van der Waals surface area contributed by atoms with Crippen LogP contribution in [0.3, 0.4) is 0 Å². The molecule has 76 valence electrons. The molecule has 0 radical (unpaired) electrons. The molecule has 0 N–H and O–H groups in total. The lowest BCUT2D eigenvalue weighted by atomic mass is 9.90. The molecule has 0 saturated heterocycles. The van der Waals surface area contributed by atoms with Gasteiger partial charge in [0, 0.05) is 19.0 Å². The molecule has 2 unspecified atom stereocenters. The van der Waals surface area contributed by atoms with Gasteiger partial charge in [-0.1, -0.05) is 31.2 Å². The Hall–Kier alpha value is -0.820. The fraction of sp³-hybridized carbons (Fsp3) is 0.462. The topological polar surface area (TPSA) is 0 Å². The zero-order valence-electron chi connectivity index (χ0n) is 9.16. The van der Waals surface area contributed by atoms with E-state index in [0.29, 0.717) is 6.04 Å². The van der Waals surface area contributed by atoms with Crippen LogP contribution in [-0.4, -0.2) is 18.1 Å². The molecule has 0 bridgehead atoms. The predicted molar refractivity (Wildman–Crippen MR) is 59.6 cm³/mol. The van der Waals surface area contributed by atoms with Crippen LogP contribution in [0.25, 0.3) is 0 Å². The molecular weight excluding hydrogens is 170 g/mol. The molecule has 0 saturated carbocycles. The Morgan fingerprint density at radius 1 is 1.43 bits per heavy atom. The molecule has 14 heavy (non-hydrogen) atoms. The lowest BCUT2D eigenvalue weighted by Gasteiger charge is -2.49. The number of quaternary nitrogens is 1. The number of benzene rings is 1. The minimum absolute atomic E-state index is 0.583. The molecule has 1 heteroatoms. The number of nitrogens with zero attached hydrogens (tertiary/aromatic N) is 1. The van der Waals surface area contributed by atoms with Crippen molar-refractivity contribution < 1.29 is 4.48 Å².